The Bertz CT molecular complexity index is 699. The fourth-order valence-corrected chi connectivity index (χ4v) is 4.56. The molecular formula is C20H24FNO2. The first-order chi connectivity index (χ1) is 11.6. The number of rotatable bonds is 4. The van der Waals surface area contributed by atoms with E-state index in [1.54, 1.807) is 12.1 Å². The number of fused-ring (bicyclic) bond motifs is 1. The Morgan fingerprint density at radius 1 is 1.08 bits per heavy atom. The average Bonchev–Trinajstić information content (AvgIpc) is 3.22. The summed E-state index contributed by atoms with van der Waals surface area (Å²) in [5.74, 6) is 2.56. The number of furan rings is 1. The Morgan fingerprint density at radius 3 is 2.50 bits per heavy atom. The van der Waals surface area contributed by atoms with Gasteiger partial charge in [0.25, 0.3) is 0 Å². The predicted molar refractivity (Wildman–Crippen MR) is 90.8 cm³/mol. The number of hydrogen-bond acceptors (Lipinski definition) is 3. The van der Waals surface area contributed by atoms with Crippen molar-refractivity contribution in [3.63, 3.8) is 0 Å². The van der Waals surface area contributed by atoms with Crippen LogP contribution >= 0.6 is 0 Å². The molecule has 0 spiro atoms. The van der Waals surface area contributed by atoms with Crippen molar-refractivity contribution >= 4 is 0 Å². The molecule has 3 nitrogen and oxygen atoms in total. The number of nitrogens with zero attached hydrogens (tertiary/aromatic N) is 1. The topological polar surface area (TPSA) is 36.6 Å². The molecule has 2 aromatic rings. The fraction of sp³-hybridized carbons (Fsp3) is 0.500. The largest absolute Gasteiger partial charge is 0.460 e. The van der Waals surface area contributed by atoms with E-state index in [-0.39, 0.29) is 11.9 Å². The van der Waals surface area contributed by atoms with Gasteiger partial charge in [-0.25, -0.2) is 4.39 Å². The first kappa shape index (κ1) is 15.9. The maximum atomic E-state index is 13.9. The molecule has 4 atom stereocenters. The smallest absolute Gasteiger partial charge is 0.137 e. The van der Waals surface area contributed by atoms with E-state index in [4.69, 9.17) is 4.42 Å². The van der Waals surface area contributed by atoms with E-state index in [0.717, 1.165) is 25.1 Å². The highest BCUT2D eigenvalue weighted by Gasteiger charge is 2.42. The van der Waals surface area contributed by atoms with Crippen LogP contribution in [0.25, 0.3) is 11.3 Å². The molecule has 2 aliphatic carbocycles. The molecule has 1 aromatic heterocycles. The molecule has 24 heavy (non-hydrogen) atoms. The molecule has 128 valence electrons. The molecule has 0 bridgehead atoms. The Hall–Kier alpha value is -1.65. The monoisotopic (exact) mass is 329 g/mol. The molecule has 0 amide bonds. The van der Waals surface area contributed by atoms with Gasteiger partial charge in [-0.1, -0.05) is 12.1 Å². The minimum Gasteiger partial charge on any atom is -0.460 e. The summed E-state index contributed by atoms with van der Waals surface area (Å²) in [5, 5.41) is 9.77. The average molecular weight is 329 g/mol. The SMILES string of the molecule is CN(Cc1ccc(-c2ccccc2F)o1)C1C[C@H]2CC(O)C[C@H]2C1. The molecule has 1 aromatic carbocycles. The van der Waals surface area contributed by atoms with Gasteiger partial charge in [0.1, 0.15) is 17.3 Å². The van der Waals surface area contributed by atoms with Crippen LogP contribution in [-0.2, 0) is 6.54 Å². The van der Waals surface area contributed by atoms with E-state index < -0.39 is 0 Å². The van der Waals surface area contributed by atoms with Crippen molar-refractivity contribution in [1.82, 2.24) is 4.90 Å². The first-order valence-electron chi connectivity index (χ1n) is 8.82. The molecule has 2 fully saturated rings. The Labute approximate surface area is 142 Å². The standard InChI is InChI=1S/C20H24FNO2/c1-22(15-8-13-10-16(23)11-14(13)9-15)12-17-6-7-20(24-17)18-4-2-3-5-19(18)21/h2-7,13-16,23H,8-12H2,1H3/t13-,14+,15?,16?. The van der Waals surface area contributed by atoms with E-state index in [9.17, 15) is 9.50 Å². The number of halogens is 1. The molecule has 4 rings (SSSR count). The third kappa shape index (κ3) is 3.01. The summed E-state index contributed by atoms with van der Waals surface area (Å²) in [6.07, 6.45) is 4.18. The van der Waals surface area contributed by atoms with Crippen LogP contribution in [0.4, 0.5) is 4.39 Å². The summed E-state index contributed by atoms with van der Waals surface area (Å²) in [4.78, 5) is 2.34. The molecule has 1 N–H and O–H groups in total. The van der Waals surface area contributed by atoms with Gasteiger partial charge in [-0.2, -0.15) is 0 Å². The molecule has 0 saturated heterocycles. The van der Waals surface area contributed by atoms with Gasteiger partial charge in [0.05, 0.1) is 18.2 Å². The maximum absolute atomic E-state index is 13.9. The van der Waals surface area contributed by atoms with Crippen LogP contribution < -0.4 is 0 Å². The molecule has 0 aliphatic heterocycles. The van der Waals surface area contributed by atoms with Crippen molar-refractivity contribution in [3.8, 4) is 11.3 Å². The van der Waals surface area contributed by atoms with Gasteiger partial charge in [-0.15, -0.1) is 0 Å². The third-order valence-corrected chi connectivity index (χ3v) is 5.80. The number of benzene rings is 1. The third-order valence-electron chi connectivity index (χ3n) is 5.80. The van der Waals surface area contributed by atoms with E-state index in [1.165, 1.54) is 18.9 Å². The van der Waals surface area contributed by atoms with Crippen molar-refractivity contribution in [2.45, 2.75) is 44.4 Å². The van der Waals surface area contributed by atoms with Crippen molar-refractivity contribution in [1.29, 1.82) is 0 Å². The molecule has 0 radical (unpaired) electrons. The van der Waals surface area contributed by atoms with Crippen LogP contribution in [0.5, 0.6) is 0 Å². The minimum absolute atomic E-state index is 0.0837. The van der Waals surface area contributed by atoms with Gasteiger partial charge in [0.15, 0.2) is 0 Å². The summed E-state index contributed by atoms with van der Waals surface area (Å²) < 4.78 is 19.7. The lowest BCUT2D eigenvalue weighted by atomic mass is 10.0. The van der Waals surface area contributed by atoms with Crippen molar-refractivity contribution in [2.75, 3.05) is 7.05 Å². The van der Waals surface area contributed by atoms with Crippen LogP contribution in [0.15, 0.2) is 40.8 Å². The van der Waals surface area contributed by atoms with Gasteiger partial charge in [-0.05, 0) is 68.8 Å². The van der Waals surface area contributed by atoms with Gasteiger partial charge >= 0.3 is 0 Å². The second-order valence-corrected chi connectivity index (χ2v) is 7.43. The van der Waals surface area contributed by atoms with Crippen molar-refractivity contribution < 1.29 is 13.9 Å². The molecule has 2 saturated carbocycles. The van der Waals surface area contributed by atoms with Crippen molar-refractivity contribution in [3.05, 3.63) is 48.0 Å². The van der Waals surface area contributed by atoms with E-state index >= 15 is 0 Å². The summed E-state index contributed by atoms with van der Waals surface area (Å²) >= 11 is 0. The zero-order chi connectivity index (χ0) is 16.7. The normalized spacial score (nSPS) is 29.3. The highest BCUT2D eigenvalue weighted by molar-refractivity contribution is 5.58. The molecule has 2 aliphatic rings. The highest BCUT2D eigenvalue weighted by atomic mass is 19.1. The number of aliphatic hydroxyl groups excluding tert-OH is 1. The molecule has 1 heterocycles. The van der Waals surface area contributed by atoms with Crippen LogP contribution in [0.1, 0.15) is 31.4 Å². The molecular weight excluding hydrogens is 305 g/mol. The van der Waals surface area contributed by atoms with Crippen LogP contribution in [-0.4, -0.2) is 29.2 Å². The van der Waals surface area contributed by atoms with E-state index in [1.807, 2.05) is 18.2 Å². The van der Waals surface area contributed by atoms with Gasteiger partial charge < -0.3 is 9.52 Å². The van der Waals surface area contributed by atoms with Crippen LogP contribution in [0, 0.1) is 17.7 Å². The minimum atomic E-state index is -0.256. The summed E-state index contributed by atoms with van der Waals surface area (Å²) in [6, 6.07) is 11.0. The zero-order valence-electron chi connectivity index (χ0n) is 14.0. The maximum Gasteiger partial charge on any atom is 0.137 e. The Balaban J connectivity index is 1.41. The lowest BCUT2D eigenvalue weighted by Crippen LogP contribution is -2.29. The zero-order valence-corrected chi connectivity index (χ0v) is 14.0. The van der Waals surface area contributed by atoms with Gasteiger partial charge in [-0.3, -0.25) is 4.90 Å². The number of hydrogen-bond donors (Lipinski definition) is 1. The quantitative estimate of drug-likeness (QED) is 0.919. The Kier molecular flexibility index (Phi) is 4.19. The highest BCUT2D eigenvalue weighted by Crippen LogP contribution is 2.45. The summed E-state index contributed by atoms with van der Waals surface area (Å²) in [6.45, 7) is 0.737. The van der Waals surface area contributed by atoms with Crippen LogP contribution in [0.2, 0.25) is 0 Å². The van der Waals surface area contributed by atoms with E-state index in [0.29, 0.717) is 29.2 Å². The Morgan fingerprint density at radius 2 is 1.79 bits per heavy atom. The second kappa shape index (κ2) is 6.34. The fourth-order valence-electron chi connectivity index (χ4n) is 4.56. The lowest BCUT2D eigenvalue weighted by molar-refractivity contribution is 0.155. The molecule has 2 unspecified atom stereocenters. The van der Waals surface area contributed by atoms with Gasteiger partial charge in [0, 0.05) is 6.04 Å². The lowest BCUT2D eigenvalue weighted by Gasteiger charge is -2.24. The summed E-state index contributed by atoms with van der Waals surface area (Å²) in [7, 11) is 2.13. The number of aliphatic hydroxyl groups is 1. The second-order valence-electron chi connectivity index (χ2n) is 7.43. The van der Waals surface area contributed by atoms with Gasteiger partial charge in [0.2, 0.25) is 0 Å². The van der Waals surface area contributed by atoms with E-state index in [2.05, 4.69) is 11.9 Å². The first-order valence-corrected chi connectivity index (χ1v) is 8.82. The summed E-state index contributed by atoms with van der Waals surface area (Å²) in [5.41, 5.74) is 0.510. The van der Waals surface area contributed by atoms with Crippen molar-refractivity contribution in [2.24, 2.45) is 11.8 Å². The molecule has 4 heteroatoms. The van der Waals surface area contributed by atoms with Crippen LogP contribution in [0.3, 0.4) is 0 Å². The predicted octanol–water partition coefficient (Wildman–Crippen LogP) is 4.07.